The molecule has 4 nitrogen and oxygen atoms in total. The summed E-state index contributed by atoms with van der Waals surface area (Å²) in [6.07, 6.45) is 2.58. The molecule has 1 amide bonds. The molecule has 0 aliphatic carbocycles. The number of hydrogen-bond donors (Lipinski definition) is 2. The molecule has 1 aromatic carbocycles. The predicted molar refractivity (Wildman–Crippen MR) is 73.8 cm³/mol. The quantitative estimate of drug-likeness (QED) is 0.453. The van der Waals surface area contributed by atoms with Gasteiger partial charge in [0.25, 0.3) is 5.91 Å². The van der Waals surface area contributed by atoms with E-state index in [0.29, 0.717) is 36.0 Å². The van der Waals surface area contributed by atoms with E-state index in [2.05, 4.69) is 11.9 Å². The van der Waals surface area contributed by atoms with Crippen molar-refractivity contribution in [2.75, 3.05) is 25.5 Å². The van der Waals surface area contributed by atoms with Crippen LogP contribution < -0.4 is 11.1 Å². The lowest BCUT2D eigenvalue weighted by atomic mass is 10.1. The number of amides is 1. The van der Waals surface area contributed by atoms with Gasteiger partial charge in [-0.25, -0.2) is 0 Å². The highest BCUT2D eigenvalue weighted by Gasteiger charge is 2.09. The first-order chi connectivity index (χ1) is 8.65. The fourth-order valence-corrected chi connectivity index (χ4v) is 1.50. The molecule has 0 aliphatic rings. The number of carbonyl (C=O) groups is 1. The minimum Gasteiger partial charge on any atom is -0.398 e. The van der Waals surface area contributed by atoms with Crippen molar-refractivity contribution < 1.29 is 9.53 Å². The van der Waals surface area contributed by atoms with Gasteiger partial charge in [-0.05, 0) is 24.6 Å². The van der Waals surface area contributed by atoms with Crippen molar-refractivity contribution in [2.45, 2.75) is 6.42 Å². The SMILES string of the molecule is C=CCCOCCNC(=O)c1cc(Cl)ccc1N. The Morgan fingerprint density at radius 1 is 1.50 bits per heavy atom. The molecule has 0 bridgehead atoms. The molecule has 0 saturated carbocycles. The Kier molecular flexibility index (Phi) is 6.25. The number of ether oxygens (including phenoxy) is 1. The molecule has 0 spiro atoms. The Labute approximate surface area is 112 Å². The fourth-order valence-electron chi connectivity index (χ4n) is 1.33. The van der Waals surface area contributed by atoms with Gasteiger partial charge in [-0.3, -0.25) is 4.79 Å². The molecule has 0 saturated heterocycles. The van der Waals surface area contributed by atoms with Crippen LogP contribution in [0.15, 0.2) is 30.9 Å². The van der Waals surface area contributed by atoms with Crippen molar-refractivity contribution in [3.05, 3.63) is 41.4 Å². The fraction of sp³-hybridized carbons (Fsp3) is 0.308. The molecular formula is C13H17ClN2O2. The first-order valence-corrected chi connectivity index (χ1v) is 6.05. The number of nitrogens with two attached hydrogens (primary N) is 1. The molecule has 0 aliphatic heterocycles. The molecule has 5 heteroatoms. The Morgan fingerprint density at radius 3 is 3.00 bits per heavy atom. The molecule has 98 valence electrons. The summed E-state index contributed by atoms with van der Waals surface area (Å²) in [6, 6.07) is 4.80. The van der Waals surface area contributed by atoms with Crippen LogP contribution in [-0.4, -0.2) is 25.7 Å². The van der Waals surface area contributed by atoms with Gasteiger partial charge >= 0.3 is 0 Å². The normalized spacial score (nSPS) is 10.1. The maximum absolute atomic E-state index is 11.8. The van der Waals surface area contributed by atoms with E-state index in [9.17, 15) is 4.79 Å². The van der Waals surface area contributed by atoms with Gasteiger partial charge in [0, 0.05) is 17.3 Å². The molecule has 3 N–H and O–H groups in total. The molecule has 0 heterocycles. The van der Waals surface area contributed by atoms with Gasteiger partial charge < -0.3 is 15.8 Å². The Balaban J connectivity index is 2.36. The Morgan fingerprint density at radius 2 is 2.28 bits per heavy atom. The molecule has 0 unspecified atom stereocenters. The maximum Gasteiger partial charge on any atom is 0.253 e. The van der Waals surface area contributed by atoms with Crippen molar-refractivity contribution >= 4 is 23.2 Å². The summed E-state index contributed by atoms with van der Waals surface area (Å²) in [4.78, 5) is 11.8. The lowest BCUT2D eigenvalue weighted by Crippen LogP contribution is -2.28. The predicted octanol–water partition coefficient (Wildman–Crippen LogP) is 2.24. The Hall–Kier alpha value is -1.52. The van der Waals surface area contributed by atoms with Crippen molar-refractivity contribution in [1.82, 2.24) is 5.32 Å². The topological polar surface area (TPSA) is 64.3 Å². The zero-order valence-electron chi connectivity index (χ0n) is 10.1. The van der Waals surface area contributed by atoms with Gasteiger partial charge in [-0.15, -0.1) is 6.58 Å². The summed E-state index contributed by atoms with van der Waals surface area (Å²) in [5.41, 5.74) is 6.49. The minimum absolute atomic E-state index is 0.248. The molecule has 0 aromatic heterocycles. The second-order valence-corrected chi connectivity index (χ2v) is 4.11. The van der Waals surface area contributed by atoms with Crippen LogP contribution in [0.3, 0.4) is 0 Å². The van der Waals surface area contributed by atoms with Crippen LogP contribution in [0, 0.1) is 0 Å². The average molecular weight is 269 g/mol. The third-order valence-electron chi connectivity index (χ3n) is 2.26. The van der Waals surface area contributed by atoms with E-state index in [0.717, 1.165) is 6.42 Å². The van der Waals surface area contributed by atoms with E-state index in [1.54, 1.807) is 24.3 Å². The zero-order valence-corrected chi connectivity index (χ0v) is 10.9. The summed E-state index contributed by atoms with van der Waals surface area (Å²) in [6.45, 7) is 5.09. The van der Waals surface area contributed by atoms with Crippen LogP contribution in [0.1, 0.15) is 16.8 Å². The first kappa shape index (κ1) is 14.5. The second kappa shape index (κ2) is 7.74. The van der Waals surface area contributed by atoms with Crippen molar-refractivity contribution in [1.29, 1.82) is 0 Å². The van der Waals surface area contributed by atoms with Gasteiger partial charge in [0.1, 0.15) is 0 Å². The number of nitrogen functional groups attached to an aromatic ring is 1. The smallest absolute Gasteiger partial charge is 0.253 e. The van der Waals surface area contributed by atoms with E-state index in [1.165, 1.54) is 0 Å². The summed E-state index contributed by atoms with van der Waals surface area (Å²) in [7, 11) is 0. The molecule has 0 fully saturated rings. The van der Waals surface area contributed by atoms with E-state index >= 15 is 0 Å². The van der Waals surface area contributed by atoms with Crippen LogP contribution in [0.5, 0.6) is 0 Å². The van der Waals surface area contributed by atoms with Crippen LogP contribution >= 0.6 is 11.6 Å². The third-order valence-corrected chi connectivity index (χ3v) is 2.49. The largest absolute Gasteiger partial charge is 0.398 e. The van der Waals surface area contributed by atoms with Gasteiger partial charge in [-0.1, -0.05) is 17.7 Å². The highest BCUT2D eigenvalue weighted by molar-refractivity contribution is 6.31. The van der Waals surface area contributed by atoms with Crippen LogP contribution in [0.4, 0.5) is 5.69 Å². The highest BCUT2D eigenvalue weighted by Crippen LogP contribution is 2.17. The lowest BCUT2D eigenvalue weighted by molar-refractivity contribution is 0.0919. The second-order valence-electron chi connectivity index (χ2n) is 3.68. The minimum atomic E-state index is -0.248. The van der Waals surface area contributed by atoms with Crippen molar-refractivity contribution in [2.24, 2.45) is 0 Å². The monoisotopic (exact) mass is 268 g/mol. The standard InChI is InChI=1S/C13H17ClN2O2/c1-2-3-7-18-8-6-16-13(17)11-9-10(14)4-5-12(11)15/h2,4-5,9H,1,3,6-8,15H2,(H,16,17). The maximum atomic E-state index is 11.8. The van der Waals surface area contributed by atoms with Crippen LogP contribution in [0.25, 0.3) is 0 Å². The molecule has 0 atom stereocenters. The molecule has 1 aromatic rings. The third kappa shape index (κ3) is 4.77. The highest BCUT2D eigenvalue weighted by atomic mass is 35.5. The number of carbonyl (C=O) groups excluding carboxylic acids is 1. The summed E-state index contributed by atoms with van der Waals surface area (Å²) in [5, 5.41) is 3.20. The number of halogens is 1. The molecule has 1 rings (SSSR count). The molecular weight excluding hydrogens is 252 g/mol. The van der Waals surface area contributed by atoms with E-state index in [1.807, 2.05) is 0 Å². The lowest BCUT2D eigenvalue weighted by Gasteiger charge is -2.08. The van der Waals surface area contributed by atoms with Crippen molar-refractivity contribution in [3.8, 4) is 0 Å². The molecule has 18 heavy (non-hydrogen) atoms. The van der Waals surface area contributed by atoms with Gasteiger partial charge in [-0.2, -0.15) is 0 Å². The molecule has 0 radical (unpaired) electrons. The average Bonchev–Trinajstić information content (AvgIpc) is 2.36. The summed E-state index contributed by atoms with van der Waals surface area (Å²) >= 11 is 5.81. The van der Waals surface area contributed by atoms with Gasteiger partial charge in [0.15, 0.2) is 0 Å². The summed E-state index contributed by atoms with van der Waals surface area (Å²) < 4.78 is 5.27. The van der Waals surface area contributed by atoms with Gasteiger partial charge in [0.05, 0.1) is 18.8 Å². The summed E-state index contributed by atoms with van der Waals surface area (Å²) in [5.74, 6) is -0.248. The van der Waals surface area contributed by atoms with Crippen molar-refractivity contribution in [3.63, 3.8) is 0 Å². The van der Waals surface area contributed by atoms with Crippen LogP contribution in [0.2, 0.25) is 5.02 Å². The number of rotatable bonds is 7. The first-order valence-electron chi connectivity index (χ1n) is 5.67. The van der Waals surface area contributed by atoms with Crippen LogP contribution in [-0.2, 0) is 4.74 Å². The van der Waals surface area contributed by atoms with E-state index < -0.39 is 0 Å². The van der Waals surface area contributed by atoms with E-state index in [-0.39, 0.29) is 5.91 Å². The number of anilines is 1. The number of hydrogen-bond acceptors (Lipinski definition) is 3. The zero-order chi connectivity index (χ0) is 13.4. The van der Waals surface area contributed by atoms with E-state index in [4.69, 9.17) is 22.1 Å². The Bertz CT molecular complexity index is 421. The number of benzene rings is 1. The van der Waals surface area contributed by atoms with Gasteiger partial charge in [0.2, 0.25) is 0 Å². The number of nitrogens with one attached hydrogen (secondary N) is 1.